The highest BCUT2D eigenvalue weighted by Gasteiger charge is 2.44. The summed E-state index contributed by atoms with van der Waals surface area (Å²) in [5, 5.41) is 9.22. The highest BCUT2D eigenvalue weighted by atomic mass is 16.3. The van der Waals surface area contributed by atoms with Crippen LogP contribution in [-0.2, 0) is 0 Å². The summed E-state index contributed by atoms with van der Waals surface area (Å²) in [5.74, 6) is 1.66. The third-order valence-corrected chi connectivity index (χ3v) is 2.55. The van der Waals surface area contributed by atoms with Gasteiger partial charge in [-0.3, -0.25) is 0 Å². The molecule has 1 heteroatoms. The normalized spacial score (nSPS) is 52.9. The molecule has 46 valence electrons. The largest absolute Gasteiger partial charge is 0.393 e. The van der Waals surface area contributed by atoms with Crippen LogP contribution >= 0.6 is 0 Å². The fourth-order valence-electron chi connectivity index (χ4n) is 1.88. The highest BCUT2D eigenvalue weighted by molar-refractivity contribution is 4.94. The molecule has 8 heavy (non-hydrogen) atoms. The summed E-state index contributed by atoms with van der Waals surface area (Å²) in [7, 11) is 0. The van der Waals surface area contributed by atoms with Crippen molar-refractivity contribution < 1.29 is 5.11 Å². The molecule has 2 saturated carbocycles. The van der Waals surface area contributed by atoms with Gasteiger partial charge in [0.25, 0.3) is 0 Å². The summed E-state index contributed by atoms with van der Waals surface area (Å²) in [4.78, 5) is 0. The van der Waals surface area contributed by atoms with Crippen LogP contribution in [0.3, 0.4) is 0 Å². The standard InChI is InChI=1S/C7H12O/c8-7-3-1-2-5-4-6(5)7/h5-8H,1-4H2/t5?,6-,7+/m1/s1. The molecule has 0 amide bonds. The number of hydrogen-bond acceptors (Lipinski definition) is 1. The van der Waals surface area contributed by atoms with Crippen LogP contribution in [0.25, 0.3) is 0 Å². The molecule has 0 aromatic heterocycles. The van der Waals surface area contributed by atoms with Gasteiger partial charge in [0.05, 0.1) is 6.10 Å². The van der Waals surface area contributed by atoms with Crippen molar-refractivity contribution in [3.63, 3.8) is 0 Å². The molecule has 2 fully saturated rings. The maximum atomic E-state index is 9.22. The second-order valence-corrected chi connectivity index (χ2v) is 3.16. The van der Waals surface area contributed by atoms with Crippen molar-refractivity contribution in [2.24, 2.45) is 11.8 Å². The van der Waals surface area contributed by atoms with Gasteiger partial charge in [0.2, 0.25) is 0 Å². The molecule has 0 bridgehead atoms. The minimum absolute atomic E-state index is 0.0775. The van der Waals surface area contributed by atoms with Gasteiger partial charge >= 0.3 is 0 Å². The van der Waals surface area contributed by atoms with Gasteiger partial charge in [0, 0.05) is 0 Å². The Balaban J connectivity index is 1.99. The third kappa shape index (κ3) is 0.576. The molecule has 2 rings (SSSR count). The predicted octanol–water partition coefficient (Wildman–Crippen LogP) is 1.17. The SMILES string of the molecule is O[C@H]1CCCC2C[C@H]21. The first kappa shape index (κ1) is 4.80. The van der Waals surface area contributed by atoms with Gasteiger partial charge in [-0.1, -0.05) is 6.42 Å². The first-order chi connectivity index (χ1) is 3.88. The zero-order valence-corrected chi connectivity index (χ0v) is 5.01. The molecule has 2 aliphatic rings. The van der Waals surface area contributed by atoms with E-state index in [0.29, 0.717) is 0 Å². The van der Waals surface area contributed by atoms with E-state index in [1.54, 1.807) is 0 Å². The Morgan fingerprint density at radius 1 is 1.25 bits per heavy atom. The van der Waals surface area contributed by atoms with Gasteiger partial charge in [-0.05, 0) is 31.1 Å². The van der Waals surface area contributed by atoms with E-state index in [4.69, 9.17) is 0 Å². The lowest BCUT2D eigenvalue weighted by Crippen LogP contribution is -2.14. The number of aliphatic hydroxyl groups excluding tert-OH is 1. The Hall–Kier alpha value is -0.0400. The van der Waals surface area contributed by atoms with Crippen molar-refractivity contribution >= 4 is 0 Å². The molecule has 0 spiro atoms. The molecule has 0 aliphatic heterocycles. The molecule has 0 aromatic rings. The fraction of sp³-hybridized carbons (Fsp3) is 1.00. The smallest absolute Gasteiger partial charge is 0.0571 e. The van der Waals surface area contributed by atoms with Crippen molar-refractivity contribution in [3.8, 4) is 0 Å². The average molecular weight is 112 g/mol. The van der Waals surface area contributed by atoms with Crippen molar-refractivity contribution in [2.45, 2.75) is 31.8 Å². The summed E-state index contributed by atoms with van der Waals surface area (Å²) < 4.78 is 0. The van der Waals surface area contributed by atoms with E-state index >= 15 is 0 Å². The van der Waals surface area contributed by atoms with E-state index in [-0.39, 0.29) is 6.10 Å². The maximum absolute atomic E-state index is 9.22. The second kappa shape index (κ2) is 1.47. The van der Waals surface area contributed by atoms with Crippen molar-refractivity contribution in [3.05, 3.63) is 0 Å². The van der Waals surface area contributed by atoms with Gasteiger partial charge in [-0.2, -0.15) is 0 Å². The van der Waals surface area contributed by atoms with Gasteiger partial charge in [0.1, 0.15) is 0 Å². The van der Waals surface area contributed by atoms with Crippen LogP contribution in [-0.4, -0.2) is 11.2 Å². The van der Waals surface area contributed by atoms with Crippen molar-refractivity contribution in [1.82, 2.24) is 0 Å². The molecule has 1 nitrogen and oxygen atoms in total. The van der Waals surface area contributed by atoms with Crippen molar-refractivity contribution in [1.29, 1.82) is 0 Å². The molecule has 0 saturated heterocycles. The van der Waals surface area contributed by atoms with Crippen LogP contribution in [0, 0.1) is 11.8 Å². The average Bonchev–Trinajstić information content (AvgIpc) is 2.45. The minimum Gasteiger partial charge on any atom is -0.393 e. The Bertz CT molecular complexity index is 101. The van der Waals surface area contributed by atoms with Crippen LogP contribution < -0.4 is 0 Å². The van der Waals surface area contributed by atoms with E-state index in [1.807, 2.05) is 0 Å². The zero-order valence-electron chi connectivity index (χ0n) is 5.01. The quantitative estimate of drug-likeness (QED) is 0.498. The molecule has 1 unspecified atom stereocenters. The van der Waals surface area contributed by atoms with E-state index in [0.717, 1.165) is 18.3 Å². The minimum atomic E-state index is 0.0775. The molecule has 2 aliphatic carbocycles. The summed E-state index contributed by atoms with van der Waals surface area (Å²) in [6.07, 6.45) is 5.13. The predicted molar refractivity (Wildman–Crippen MR) is 31.5 cm³/mol. The summed E-state index contributed by atoms with van der Waals surface area (Å²) in [6.45, 7) is 0. The molecular formula is C7H12O. The lowest BCUT2D eigenvalue weighted by Gasteiger charge is -2.14. The molecular weight excluding hydrogens is 100 g/mol. The van der Waals surface area contributed by atoms with Crippen molar-refractivity contribution in [2.75, 3.05) is 0 Å². The maximum Gasteiger partial charge on any atom is 0.0571 e. The van der Waals surface area contributed by atoms with Crippen LogP contribution in [0.2, 0.25) is 0 Å². The number of fused-ring (bicyclic) bond motifs is 1. The zero-order chi connectivity index (χ0) is 5.56. The summed E-state index contributed by atoms with van der Waals surface area (Å²) >= 11 is 0. The molecule has 1 N–H and O–H groups in total. The lowest BCUT2D eigenvalue weighted by atomic mass is 9.98. The Kier molecular flexibility index (Phi) is 0.884. The van der Waals surface area contributed by atoms with E-state index in [1.165, 1.54) is 19.3 Å². The van der Waals surface area contributed by atoms with Crippen LogP contribution in [0.4, 0.5) is 0 Å². The third-order valence-electron chi connectivity index (χ3n) is 2.55. The first-order valence-corrected chi connectivity index (χ1v) is 3.56. The summed E-state index contributed by atoms with van der Waals surface area (Å²) in [5.41, 5.74) is 0. The molecule has 0 radical (unpaired) electrons. The van der Waals surface area contributed by atoms with E-state index in [2.05, 4.69) is 0 Å². The molecule has 0 heterocycles. The molecule has 0 aromatic carbocycles. The van der Waals surface area contributed by atoms with Gasteiger partial charge in [0.15, 0.2) is 0 Å². The van der Waals surface area contributed by atoms with E-state index < -0.39 is 0 Å². The number of rotatable bonds is 0. The lowest BCUT2D eigenvalue weighted by molar-refractivity contribution is 0.116. The Morgan fingerprint density at radius 3 is 2.75 bits per heavy atom. The van der Waals surface area contributed by atoms with Crippen LogP contribution in [0.15, 0.2) is 0 Å². The number of aliphatic hydroxyl groups is 1. The Labute approximate surface area is 49.7 Å². The monoisotopic (exact) mass is 112 g/mol. The Morgan fingerprint density at radius 2 is 2.12 bits per heavy atom. The van der Waals surface area contributed by atoms with Crippen LogP contribution in [0.1, 0.15) is 25.7 Å². The second-order valence-electron chi connectivity index (χ2n) is 3.16. The van der Waals surface area contributed by atoms with Gasteiger partial charge in [-0.25, -0.2) is 0 Å². The summed E-state index contributed by atoms with van der Waals surface area (Å²) in [6, 6.07) is 0. The van der Waals surface area contributed by atoms with Gasteiger partial charge in [-0.15, -0.1) is 0 Å². The topological polar surface area (TPSA) is 20.2 Å². The van der Waals surface area contributed by atoms with Gasteiger partial charge < -0.3 is 5.11 Å². The molecule has 3 atom stereocenters. The van der Waals surface area contributed by atoms with Crippen LogP contribution in [0.5, 0.6) is 0 Å². The number of hydrogen-bond donors (Lipinski definition) is 1. The first-order valence-electron chi connectivity index (χ1n) is 3.56. The highest BCUT2D eigenvalue weighted by Crippen LogP contribution is 2.49. The van der Waals surface area contributed by atoms with E-state index in [9.17, 15) is 5.11 Å². The fourth-order valence-corrected chi connectivity index (χ4v) is 1.88.